The molecule has 6 nitrogen and oxygen atoms in total. The van der Waals surface area contributed by atoms with Crippen molar-refractivity contribution < 1.29 is 9.90 Å². The van der Waals surface area contributed by atoms with Gasteiger partial charge in [-0.05, 0) is 5.56 Å². The molecule has 0 saturated heterocycles. The summed E-state index contributed by atoms with van der Waals surface area (Å²) in [5.74, 6) is -1.38. The van der Waals surface area contributed by atoms with Gasteiger partial charge in [-0.15, -0.1) is 0 Å². The highest BCUT2D eigenvalue weighted by Crippen LogP contribution is 2.10. The summed E-state index contributed by atoms with van der Waals surface area (Å²) in [4.78, 5) is 24.7. The van der Waals surface area contributed by atoms with Gasteiger partial charge in [-0.25, -0.2) is 4.68 Å². The molecule has 0 spiro atoms. The zero-order valence-electron chi connectivity index (χ0n) is 12.6. The molecule has 1 heterocycles. The molecular formula is C16H19N3O3. The van der Waals surface area contributed by atoms with Crippen LogP contribution < -0.4 is 10.5 Å². The van der Waals surface area contributed by atoms with Crippen LogP contribution in [0.3, 0.4) is 0 Å². The number of carbonyl (C=O) groups is 1. The highest BCUT2D eigenvalue weighted by atomic mass is 16.4. The summed E-state index contributed by atoms with van der Waals surface area (Å²) in [6.07, 6.45) is 1.58. The number of rotatable bonds is 6. The Hall–Kier alpha value is -2.63. The van der Waals surface area contributed by atoms with Crippen LogP contribution in [0.5, 0.6) is 0 Å². The zero-order valence-corrected chi connectivity index (χ0v) is 12.6. The van der Waals surface area contributed by atoms with Crippen LogP contribution in [0.4, 0.5) is 5.69 Å². The molecule has 1 unspecified atom stereocenters. The zero-order chi connectivity index (χ0) is 16.1. The van der Waals surface area contributed by atoms with Gasteiger partial charge in [0.2, 0.25) is 0 Å². The monoisotopic (exact) mass is 301 g/mol. The molecule has 1 atom stereocenters. The van der Waals surface area contributed by atoms with Crippen LogP contribution in [-0.2, 0) is 11.3 Å². The maximum atomic E-state index is 12.1. The number of carboxylic acids is 1. The Kier molecular flexibility index (Phi) is 4.93. The van der Waals surface area contributed by atoms with Crippen LogP contribution in [-0.4, -0.2) is 34.4 Å². The first kappa shape index (κ1) is 15.8. The number of hydrogen-bond donors (Lipinski definition) is 1. The second kappa shape index (κ2) is 6.89. The second-order valence-corrected chi connectivity index (χ2v) is 5.32. The van der Waals surface area contributed by atoms with Gasteiger partial charge in [0, 0.05) is 19.7 Å². The van der Waals surface area contributed by atoms with E-state index in [4.69, 9.17) is 5.11 Å². The summed E-state index contributed by atoms with van der Waals surface area (Å²) in [5, 5.41) is 13.1. The average molecular weight is 301 g/mol. The van der Waals surface area contributed by atoms with E-state index in [1.165, 1.54) is 10.7 Å². The smallest absolute Gasteiger partial charge is 0.308 e. The molecule has 0 saturated carbocycles. The van der Waals surface area contributed by atoms with E-state index in [2.05, 4.69) is 5.10 Å². The molecule has 2 rings (SSSR count). The van der Waals surface area contributed by atoms with Crippen molar-refractivity contribution in [2.45, 2.75) is 13.5 Å². The van der Waals surface area contributed by atoms with Crippen molar-refractivity contribution in [1.82, 2.24) is 9.78 Å². The maximum absolute atomic E-state index is 12.1. The van der Waals surface area contributed by atoms with Crippen LogP contribution in [0.15, 0.2) is 47.4 Å². The molecule has 0 radical (unpaired) electrons. The van der Waals surface area contributed by atoms with Crippen molar-refractivity contribution in [3.8, 4) is 0 Å². The van der Waals surface area contributed by atoms with Gasteiger partial charge in [-0.2, -0.15) is 5.10 Å². The van der Waals surface area contributed by atoms with Gasteiger partial charge < -0.3 is 10.0 Å². The minimum atomic E-state index is -0.864. The van der Waals surface area contributed by atoms with E-state index >= 15 is 0 Å². The molecule has 1 aromatic carbocycles. The fourth-order valence-electron chi connectivity index (χ4n) is 2.10. The third-order valence-electron chi connectivity index (χ3n) is 3.44. The predicted octanol–water partition coefficient (Wildman–Crippen LogP) is 1.45. The molecule has 0 aliphatic rings. The minimum Gasteiger partial charge on any atom is -0.481 e. The van der Waals surface area contributed by atoms with E-state index in [0.29, 0.717) is 18.8 Å². The maximum Gasteiger partial charge on any atom is 0.308 e. The Labute approximate surface area is 128 Å². The third kappa shape index (κ3) is 3.94. The van der Waals surface area contributed by atoms with Crippen LogP contribution in [0.25, 0.3) is 0 Å². The average Bonchev–Trinajstić information content (AvgIpc) is 2.50. The van der Waals surface area contributed by atoms with Gasteiger partial charge >= 0.3 is 5.97 Å². The lowest BCUT2D eigenvalue weighted by Crippen LogP contribution is -2.31. The quantitative estimate of drug-likeness (QED) is 0.874. The van der Waals surface area contributed by atoms with Crippen LogP contribution in [0, 0.1) is 5.92 Å². The molecule has 0 aliphatic heterocycles. The molecular weight excluding hydrogens is 282 g/mol. The highest BCUT2D eigenvalue weighted by Gasteiger charge is 2.14. The molecule has 0 bridgehead atoms. The fraction of sp³-hybridized carbons (Fsp3) is 0.312. The van der Waals surface area contributed by atoms with Gasteiger partial charge in [0.25, 0.3) is 5.56 Å². The lowest BCUT2D eigenvalue weighted by molar-refractivity contribution is -0.140. The van der Waals surface area contributed by atoms with E-state index in [1.54, 1.807) is 25.1 Å². The Bertz CT molecular complexity index is 697. The summed E-state index contributed by atoms with van der Waals surface area (Å²) in [7, 11) is 1.75. The molecule has 2 aromatic rings. The summed E-state index contributed by atoms with van der Waals surface area (Å²) in [5.41, 5.74) is 1.40. The van der Waals surface area contributed by atoms with Crippen LogP contribution in [0.2, 0.25) is 0 Å². The van der Waals surface area contributed by atoms with Crippen LogP contribution in [0.1, 0.15) is 12.5 Å². The van der Waals surface area contributed by atoms with Crippen LogP contribution >= 0.6 is 0 Å². The standard InChI is InChI=1S/C16H19N3O3/c1-12(16(21)22)10-18(2)14-8-15(20)19(17-9-14)11-13-6-4-3-5-7-13/h3-9,12H,10-11H2,1-2H3,(H,21,22). The second-order valence-electron chi connectivity index (χ2n) is 5.32. The number of benzene rings is 1. The van der Waals surface area contributed by atoms with Crippen molar-refractivity contribution in [1.29, 1.82) is 0 Å². The van der Waals surface area contributed by atoms with Crippen molar-refractivity contribution in [3.63, 3.8) is 0 Å². The number of hydrogen-bond acceptors (Lipinski definition) is 4. The van der Waals surface area contributed by atoms with Gasteiger partial charge in [0.05, 0.1) is 24.3 Å². The van der Waals surface area contributed by atoms with E-state index in [1.807, 2.05) is 30.3 Å². The Morgan fingerprint density at radius 2 is 2.05 bits per heavy atom. The topological polar surface area (TPSA) is 75.4 Å². The number of nitrogens with zero attached hydrogens (tertiary/aromatic N) is 3. The van der Waals surface area contributed by atoms with Crippen molar-refractivity contribution in [2.24, 2.45) is 5.92 Å². The fourth-order valence-corrected chi connectivity index (χ4v) is 2.10. The summed E-state index contributed by atoms with van der Waals surface area (Å²) in [6, 6.07) is 11.1. The number of aromatic nitrogens is 2. The molecule has 116 valence electrons. The van der Waals surface area contributed by atoms with E-state index in [-0.39, 0.29) is 5.56 Å². The Morgan fingerprint density at radius 3 is 2.64 bits per heavy atom. The first-order chi connectivity index (χ1) is 10.5. The number of carboxylic acid groups (broad SMARTS) is 1. The van der Waals surface area contributed by atoms with Gasteiger partial charge in [0.15, 0.2) is 0 Å². The first-order valence-corrected chi connectivity index (χ1v) is 7.02. The third-order valence-corrected chi connectivity index (χ3v) is 3.44. The minimum absolute atomic E-state index is 0.212. The van der Waals surface area contributed by atoms with Gasteiger partial charge in [0.1, 0.15) is 0 Å². The molecule has 6 heteroatoms. The SMILES string of the molecule is CC(CN(C)c1cnn(Cc2ccccc2)c(=O)c1)C(=O)O. The number of anilines is 1. The molecule has 0 amide bonds. The van der Waals surface area contributed by atoms with Crippen molar-refractivity contribution >= 4 is 11.7 Å². The Morgan fingerprint density at radius 1 is 1.36 bits per heavy atom. The normalized spacial score (nSPS) is 11.9. The molecule has 0 aliphatic carbocycles. The molecule has 22 heavy (non-hydrogen) atoms. The van der Waals surface area contributed by atoms with E-state index in [9.17, 15) is 9.59 Å². The van der Waals surface area contributed by atoms with Gasteiger partial charge in [-0.1, -0.05) is 37.3 Å². The van der Waals surface area contributed by atoms with Crippen molar-refractivity contribution in [3.05, 3.63) is 58.5 Å². The lowest BCUT2D eigenvalue weighted by atomic mass is 10.2. The van der Waals surface area contributed by atoms with Crippen molar-refractivity contribution in [2.75, 3.05) is 18.5 Å². The summed E-state index contributed by atoms with van der Waals surface area (Å²) < 4.78 is 1.38. The molecule has 1 aromatic heterocycles. The Balaban J connectivity index is 2.12. The number of aliphatic carboxylic acids is 1. The highest BCUT2D eigenvalue weighted by molar-refractivity contribution is 5.70. The predicted molar refractivity (Wildman–Crippen MR) is 84.1 cm³/mol. The lowest BCUT2D eigenvalue weighted by Gasteiger charge is -2.21. The van der Waals surface area contributed by atoms with Gasteiger partial charge in [-0.3, -0.25) is 9.59 Å². The summed E-state index contributed by atoms with van der Waals surface area (Å²) >= 11 is 0. The van der Waals surface area contributed by atoms with E-state index < -0.39 is 11.9 Å². The van der Waals surface area contributed by atoms with E-state index in [0.717, 1.165) is 5.56 Å². The summed E-state index contributed by atoms with van der Waals surface area (Å²) in [6.45, 7) is 2.36. The molecule has 0 fully saturated rings. The largest absolute Gasteiger partial charge is 0.481 e. The first-order valence-electron chi connectivity index (χ1n) is 7.02. The molecule has 1 N–H and O–H groups in total.